The first-order valence-corrected chi connectivity index (χ1v) is 4.96. The van der Waals surface area contributed by atoms with E-state index in [4.69, 9.17) is 0 Å². The van der Waals surface area contributed by atoms with Crippen molar-refractivity contribution in [2.45, 2.75) is 39.7 Å². The lowest BCUT2D eigenvalue weighted by atomic mass is 10.0. The fraction of sp³-hybridized carbons (Fsp3) is 0.500. The van der Waals surface area contributed by atoms with Crippen LogP contribution in [-0.2, 0) is 0 Å². The Labute approximate surface area is 81.2 Å². The molecule has 72 valence electrons. The zero-order valence-corrected chi connectivity index (χ0v) is 8.96. The Morgan fingerprint density at radius 2 is 1.46 bits per heavy atom. The minimum atomic E-state index is 0.505. The van der Waals surface area contributed by atoms with Gasteiger partial charge in [-0.15, -0.1) is 0 Å². The number of hydrogen-bond donors (Lipinski definition) is 1. The van der Waals surface area contributed by atoms with Crippen molar-refractivity contribution < 1.29 is 0 Å². The second-order valence-corrected chi connectivity index (χ2v) is 4.08. The molecule has 0 aliphatic rings. The Balaban J connectivity index is 2.70. The molecular formula is C12H19N. The number of anilines is 1. The van der Waals surface area contributed by atoms with Crippen LogP contribution in [0.5, 0.6) is 0 Å². The molecule has 0 atom stereocenters. The van der Waals surface area contributed by atoms with E-state index in [1.807, 2.05) is 0 Å². The predicted octanol–water partition coefficient (Wildman–Crippen LogP) is 3.63. The number of hydrogen-bond acceptors (Lipinski definition) is 1. The maximum Gasteiger partial charge on any atom is 0.0342 e. The highest BCUT2D eigenvalue weighted by Crippen LogP contribution is 2.17. The summed E-state index contributed by atoms with van der Waals surface area (Å²) in [5.74, 6) is 0.619. The first-order valence-electron chi connectivity index (χ1n) is 4.96. The Kier molecular flexibility index (Phi) is 3.35. The van der Waals surface area contributed by atoms with Gasteiger partial charge in [-0.2, -0.15) is 0 Å². The first-order chi connectivity index (χ1) is 6.09. The summed E-state index contributed by atoms with van der Waals surface area (Å²) < 4.78 is 0. The standard InChI is InChI=1S/C12H19N/c1-9(2)11-5-7-12(8-6-11)13-10(3)4/h5-10,13H,1-4H3. The lowest BCUT2D eigenvalue weighted by Crippen LogP contribution is -2.09. The summed E-state index contributed by atoms with van der Waals surface area (Å²) in [7, 11) is 0. The maximum atomic E-state index is 3.37. The van der Waals surface area contributed by atoms with Crippen molar-refractivity contribution in [3.63, 3.8) is 0 Å². The number of nitrogens with one attached hydrogen (secondary N) is 1. The van der Waals surface area contributed by atoms with Crippen molar-refractivity contribution in [1.29, 1.82) is 0 Å². The van der Waals surface area contributed by atoms with Crippen molar-refractivity contribution in [1.82, 2.24) is 0 Å². The third kappa shape index (κ3) is 3.10. The van der Waals surface area contributed by atoms with E-state index in [0.29, 0.717) is 12.0 Å². The minimum absolute atomic E-state index is 0.505. The molecular weight excluding hydrogens is 158 g/mol. The minimum Gasteiger partial charge on any atom is -0.383 e. The molecule has 0 spiro atoms. The molecule has 0 saturated heterocycles. The van der Waals surface area contributed by atoms with Gasteiger partial charge in [0.25, 0.3) is 0 Å². The predicted molar refractivity (Wildman–Crippen MR) is 59.3 cm³/mol. The van der Waals surface area contributed by atoms with E-state index in [1.165, 1.54) is 11.3 Å². The second kappa shape index (κ2) is 4.31. The van der Waals surface area contributed by atoms with Crippen LogP contribution < -0.4 is 5.32 Å². The summed E-state index contributed by atoms with van der Waals surface area (Å²) in [6, 6.07) is 9.18. The average molecular weight is 177 g/mol. The smallest absolute Gasteiger partial charge is 0.0342 e. The summed E-state index contributed by atoms with van der Waals surface area (Å²) >= 11 is 0. The van der Waals surface area contributed by atoms with Gasteiger partial charge in [0.15, 0.2) is 0 Å². The van der Waals surface area contributed by atoms with Crippen LogP contribution >= 0.6 is 0 Å². The summed E-state index contributed by atoms with van der Waals surface area (Å²) in [5.41, 5.74) is 2.61. The van der Waals surface area contributed by atoms with E-state index in [1.54, 1.807) is 0 Å². The Morgan fingerprint density at radius 3 is 1.85 bits per heavy atom. The molecule has 13 heavy (non-hydrogen) atoms. The van der Waals surface area contributed by atoms with Crippen LogP contribution in [0.1, 0.15) is 39.2 Å². The van der Waals surface area contributed by atoms with Crippen molar-refractivity contribution >= 4 is 5.69 Å². The largest absolute Gasteiger partial charge is 0.383 e. The molecule has 0 heterocycles. The van der Waals surface area contributed by atoms with Gasteiger partial charge in [0, 0.05) is 11.7 Å². The molecule has 0 radical (unpaired) electrons. The van der Waals surface area contributed by atoms with Crippen molar-refractivity contribution in [3.8, 4) is 0 Å². The third-order valence-corrected chi connectivity index (χ3v) is 2.03. The van der Waals surface area contributed by atoms with Crippen LogP contribution in [-0.4, -0.2) is 6.04 Å². The highest BCUT2D eigenvalue weighted by atomic mass is 14.9. The Hall–Kier alpha value is -0.980. The van der Waals surface area contributed by atoms with E-state index >= 15 is 0 Å². The molecule has 0 unspecified atom stereocenters. The SMILES string of the molecule is CC(C)Nc1ccc(C(C)C)cc1. The van der Waals surface area contributed by atoms with Crippen molar-refractivity contribution in [3.05, 3.63) is 29.8 Å². The topological polar surface area (TPSA) is 12.0 Å². The van der Waals surface area contributed by atoms with Gasteiger partial charge in [-0.25, -0.2) is 0 Å². The highest BCUT2D eigenvalue weighted by molar-refractivity contribution is 5.45. The number of rotatable bonds is 3. The van der Waals surface area contributed by atoms with Crippen LogP contribution in [0.4, 0.5) is 5.69 Å². The molecule has 0 bridgehead atoms. The Morgan fingerprint density at radius 1 is 0.923 bits per heavy atom. The molecule has 1 heteroatoms. The third-order valence-electron chi connectivity index (χ3n) is 2.03. The van der Waals surface area contributed by atoms with Gasteiger partial charge >= 0.3 is 0 Å². The van der Waals surface area contributed by atoms with Crippen LogP contribution in [0.25, 0.3) is 0 Å². The monoisotopic (exact) mass is 177 g/mol. The zero-order chi connectivity index (χ0) is 9.84. The van der Waals surface area contributed by atoms with E-state index < -0.39 is 0 Å². The normalized spacial score (nSPS) is 10.9. The van der Waals surface area contributed by atoms with Gasteiger partial charge < -0.3 is 5.32 Å². The van der Waals surface area contributed by atoms with Crippen molar-refractivity contribution in [2.75, 3.05) is 5.32 Å². The molecule has 0 aliphatic carbocycles. The molecule has 1 nitrogen and oxygen atoms in total. The lowest BCUT2D eigenvalue weighted by Gasteiger charge is -2.11. The quantitative estimate of drug-likeness (QED) is 0.743. The first kappa shape index (κ1) is 10.1. The van der Waals surface area contributed by atoms with Crippen LogP contribution in [0.2, 0.25) is 0 Å². The summed E-state index contributed by atoms with van der Waals surface area (Å²) in [6.45, 7) is 8.72. The van der Waals surface area contributed by atoms with Gasteiger partial charge in [-0.05, 0) is 37.5 Å². The molecule has 0 aliphatic heterocycles. The fourth-order valence-corrected chi connectivity index (χ4v) is 1.30. The number of benzene rings is 1. The molecule has 0 fully saturated rings. The zero-order valence-electron chi connectivity index (χ0n) is 8.96. The average Bonchev–Trinajstić information content (AvgIpc) is 2.04. The van der Waals surface area contributed by atoms with E-state index in [0.717, 1.165) is 0 Å². The molecule has 1 aromatic rings. The summed E-state index contributed by atoms with van der Waals surface area (Å²) in [4.78, 5) is 0. The van der Waals surface area contributed by atoms with Crippen LogP contribution in [0.3, 0.4) is 0 Å². The van der Waals surface area contributed by atoms with Gasteiger partial charge in [-0.1, -0.05) is 26.0 Å². The Bertz CT molecular complexity index is 246. The fourth-order valence-electron chi connectivity index (χ4n) is 1.30. The molecule has 0 saturated carbocycles. The van der Waals surface area contributed by atoms with E-state index in [-0.39, 0.29) is 0 Å². The molecule has 0 amide bonds. The van der Waals surface area contributed by atoms with Gasteiger partial charge in [-0.3, -0.25) is 0 Å². The van der Waals surface area contributed by atoms with Gasteiger partial charge in [0.05, 0.1) is 0 Å². The van der Waals surface area contributed by atoms with Crippen molar-refractivity contribution in [2.24, 2.45) is 0 Å². The van der Waals surface area contributed by atoms with Crippen LogP contribution in [0, 0.1) is 0 Å². The maximum absolute atomic E-state index is 3.37. The summed E-state index contributed by atoms with van der Waals surface area (Å²) in [6.07, 6.45) is 0. The van der Waals surface area contributed by atoms with Gasteiger partial charge in [0.2, 0.25) is 0 Å². The van der Waals surface area contributed by atoms with Gasteiger partial charge in [0.1, 0.15) is 0 Å². The molecule has 1 rings (SSSR count). The highest BCUT2D eigenvalue weighted by Gasteiger charge is 1.98. The molecule has 0 aromatic heterocycles. The molecule has 1 N–H and O–H groups in total. The van der Waals surface area contributed by atoms with E-state index in [2.05, 4.69) is 57.3 Å². The summed E-state index contributed by atoms with van der Waals surface area (Å²) in [5, 5.41) is 3.37. The van der Waals surface area contributed by atoms with Crippen LogP contribution in [0.15, 0.2) is 24.3 Å². The van der Waals surface area contributed by atoms with E-state index in [9.17, 15) is 0 Å². The molecule has 1 aromatic carbocycles. The second-order valence-electron chi connectivity index (χ2n) is 4.08. The lowest BCUT2D eigenvalue weighted by molar-refractivity contribution is 0.864.